The van der Waals surface area contributed by atoms with E-state index in [0.29, 0.717) is 0 Å². The zero-order valence-electron chi connectivity index (χ0n) is 9.23. The molecule has 5 nitrogen and oxygen atoms in total. The Morgan fingerprint density at radius 1 is 1.18 bits per heavy atom. The van der Waals surface area contributed by atoms with E-state index >= 15 is 0 Å². The number of hydrogen-bond donors (Lipinski definition) is 4. The van der Waals surface area contributed by atoms with Gasteiger partial charge in [-0.25, -0.2) is 0 Å². The van der Waals surface area contributed by atoms with Gasteiger partial charge in [0.15, 0.2) is 6.29 Å². The molecule has 0 unspecified atom stereocenters. The second-order valence-corrected chi connectivity index (χ2v) is 4.34. The van der Waals surface area contributed by atoms with E-state index < -0.39 is 24.1 Å². The van der Waals surface area contributed by atoms with Crippen LogP contribution in [0, 0.1) is 0 Å². The topological polar surface area (TPSA) is 90.2 Å². The van der Waals surface area contributed by atoms with E-state index in [1.54, 1.807) is 24.3 Å². The molecule has 0 aromatic heterocycles. The summed E-state index contributed by atoms with van der Waals surface area (Å²) in [7, 11) is 0. The maximum atomic E-state index is 10.3. The number of rotatable bonds is 2. The highest BCUT2D eigenvalue weighted by molar-refractivity contribution is 5.19. The molecule has 94 valence electrons. The molecule has 4 atom stereocenters. The number of aliphatic hydroxyl groups is 4. The van der Waals surface area contributed by atoms with Crippen LogP contribution in [-0.4, -0.2) is 51.1 Å². The van der Waals surface area contributed by atoms with Crippen molar-refractivity contribution >= 4 is 0 Å². The van der Waals surface area contributed by atoms with Crippen molar-refractivity contribution in [1.82, 2.24) is 0 Å². The quantitative estimate of drug-likeness (QED) is 0.534. The van der Waals surface area contributed by atoms with Gasteiger partial charge in [-0.2, -0.15) is 0 Å². The zero-order chi connectivity index (χ0) is 12.5. The highest BCUT2D eigenvalue weighted by Gasteiger charge is 2.50. The molecule has 0 saturated carbocycles. The number of aliphatic hydroxyl groups excluding tert-OH is 3. The Morgan fingerprint density at radius 2 is 1.82 bits per heavy atom. The smallest absolute Gasteiger partial charge is 0.183 e. The predicted molar refractivity (Wildman–Crippen MR) is 59.1 cm³/mol. The fourth-order valence-electron chi connectivity index (χ4n) is 2.01. The molecule has 1 saturated heterocycles. The lowest BCUT2D eigenvalue weighted by molar-refractivity contribution is -0.291. The van der Waals surface area contributed by atoms with E-state index in [-0.39, 0.29) is 13.0 Å². The molecule has 1 aromatic carbocycles. The molecule has 0 bridgehead atoms. The molecule has 1 heterocycles. The van der Waals surface area contributed by atoms with Crippen molar-refractivity contribution in [3.63, 3.8) is 0 Å². The molecule has 1 aliphatic heterocycles. The lowest BCUT2D eigenvalue weighted by atomic mass is 9.82. The molecule has 0 amide bonds. The molecule has 1 fully saturated rings. The van der Waals surface area contributed by atoms with Crippen molar-refractivity contribution in [3.8, 4) is 0 Å². The first kappa shape index (κ1) is 12.5. The van der Waals surface area contributed by atoms with E-state index in [0.717, 1.165) is 5.56 Å². The second-order valence-electron chi connectivity index (χ2n) is 4.34. The van der Waals surface area contributed by atoms with Crippen LogP contribution in [0.3, 0.4) is 0 Å². The maximum absolute atomic E-state index is 10.3. The summed E-state index contributed by atoms with van der Waals surface area (Å²) in [4.78, 5) is 0. The molecule has 1 aliphatic rings. The standard InChI is InChI=1S/C12H16O5/c13-9-7-17-11(15)10(14)12(9,16)6-8-4-2-1-3-5-8/h1-5,9-11,13-16H,6-7H2/t9-,10+,11+,12+/m1/s1. The SMILES string of the molecule is O[C@@H]1CO[C@H](O)[C@H](O)[C@]1(O)Cc1ccccc1. The normalized spacial score (nSPS) is 38.0. The van der Waals surface area contributed by atoms with Gasteiger partial charge in [0, 0.05) is 6.42 Å². The van der Waals surface area contributed by atoms with Crippen LogP contribution in [-0.2, 0) is 11.2 Å². The molecule has 0 aliphatic carbocycles. The van der Waals surface area contributed by atoms with Gasteiger partial charge in [-0.05, 0) is 5.56 Å². The molecule has 5 heteroatoms. The first-order chi connectivity index (χ1) is 8.04. The molecule has 2 rings (SSSR count). The lowest BCUT2D eigenvalue weighted by Gasteiger charge is -2.43. The Hall–Kier alpha value is -0.980. The Balaban J connectivity index is 2.21. The van der Waals surface area contributed by atoms with Gasteiger partial charge in [-0.1, -0.05) is 30.3 Å². The van der Waals surface area contributed by atoms with Gasteiger partial charge in [0.05, 0.1) is 6.61 Å². The van der Waals surface area contributed by atoms with Crippen LogP contribution < -0.4 is 0 Å². The lowest BCUT2D eigenvalue weighted by Crippen LogP contribution is -2.64. The van der Waals surface area contributed by atoms with Gasteiger partial charge in [0.25, 0.3) is 0 Å². The van der Waals surface area contributed by atoms with Crippen LogP contribution in [0.15, 0.2) is 30.3 Å². The van der Waals surface area contributed by atoms with E-state index in [4.69, 9.17) is 4.74 Å². The zero-order valence-corrected chi connectivity index (χ0v) is 9.23. The van der Waals surface area contributed by atoms with Crippen LogP contribution in [0.25, 0.3) is 0 Å². The van der Waals surface area contributed by atoms with Gasteiger partial charge in [0.2, 0.25) is 0 Å². The third kappa shape index (κ3) is 2.34. The first-order valence-corrected chi connectivity index (χ1v) is 5.46. The average molecular weight is 240 g/mol. The summed E-state index contributed by atoms with van der Waals surface area (Å²) in [6.45, 7) is -0.207. The van der Waals surface area contributed by atoms with Crippen LogP contribution in [0.4, 0.5) is 0 Å². The predicted octanol–water partition coefficient (Wildman–Crippen LogP) is -0.969. The monoisotopic (exact) mass is 240 g/mol. The maximum Gasteiger partial charge on any atom is 0.183 e. The molecular formula is C12H16O5. The molecule has 0 radical (unpaired) electrons. The van der Waals surface area contributed by atoms with Crippen molar-refractivity contribution in [1.29, 1.82) is 0 Å². The number of hydrogen-bond acceptors (Lipinski definition) is 5. The van der Waals surface area contributed by atoms with E-state index in [2.05, 4.69) is 0 Å². The third-order valence-corrected chi connectivity index (χ3v) is 3.11. The minimum absolute atomic E-state index is 0.0522. The number of ether oxygens (including phenoxy) is 1. The van der Waals surface area contributed by atoms with Crippen molar-refractivity contribution < 1.29 is 25.2 Å². The van der Waals surface area contributed by atoms with Gasteiger partial charge in [-0.3, -0.25) is 0 Å². The fraction of sp³-hybridized carbons (Fsp3) is 0.500. The molecular weight excluding hydrogens is 224 g/mol. The largest absolute Gasteiger partial charge is 0.388 e. The van der Waals surface area contributed by atoms with Crippen molar-refractivity contribution in [2.24, 2.45) is 0 Å². The van der Waals surface area contributed by atoms with Crippen molar-refractivity contribution in [2.45, 2.75) is 30.5 Å². The first-order valence-electron chi connectivity index (χ1n) is 5.46. The minimum Gasteiger partial charge on any atom is -0.388 e. The summed E-state index contributed by atoms with van der Waals surface area (Å²) in [5.74, 6) is 0. The summed E-state index contributed by atoms with van der Waals surface area (Å²) >= 11 is 0. The second kappa shape index (κ2) is 4.72. The summed E-state index contributed by atoms with van der Waals surface area (Å²) in [6, 6.07) is 8.98. The van der Waals surface area contributed by atoms with Gasteiger partial charge in [0.1, 0.15) is 17.8 Å². The minimum atomic E-state index is -1.79. The van der Waals surface area contributed by atoms with E-state index in [1.165, 1.54) is 0 Å². The summed E-state index contributed by atoms with van der Waals surface area (Å²) < 4.78 is 4.73. The van der Waals surface area contributed by atoms with Crippen molar-refractivity contribution in [3.05, 3.63) is 35.9 Å². The Bertz CT molecular complexity index is 368. The van der Waals surface area contributed by atoms with Crippen LogP contribution in [0.5, 0.6) is 0 Å². The Kier molecular flexibility index (Phi) is 3.46. The average Bonchev–Trinajstić information content (AvgIpc) is 2.34. The molecule has 0 spiro atoms. The van der Waals surface area contributed by atoms with Crippen molar-refractivity contribution in [2.75, 3.05) is 6.61 Å². The van der Waals surface area contributed by atoms with E-state index in [1.807, 2.05) is 6.07 Å². The van der Waals surface area contributed by atoms with Crippen LogP contribution in [0.1, 0.15) is 5.56 Å². The Morgan fingerprint density at radius 3 is 2.47 bits per heavy atom. The fourth-order valence-corrected chi connectivity index (χ4v) is 2.01. The summed E-state index contributed by atoms with van der Waals surface area (Å²) in [6.07, 6.45) is -4.20. The van der Waals surface area contributed by atoms with Crippen LogP contribution >= 0.6 is 0 Å². The molecule has 4 N–H and O–H groups in total. The van der Waals surface area contributed by atoms with E-state index in [9.17, 15) is 20.4 Å². The number of benzene rings is 1. The molecule has 1 aromatic rings. The highest BCUT2D eigenvalue weighted by Crippen LogP contribution is 2.28. The summed E-state index contributed by atoms with van der Waals surface area (Å²) in [5, 5.41) is 39.1. The Labute approximate surface area is 98.9 Å². The van der Waals surface area contributed by atoms with Gasteiger partial charge < -0.3 is 25.2 Å². The molecule has 17 heavy (non-hydrogen) atoms. The summed E-state index contributed by atoms with van der Waals surface area (Å²) in [5.41, 5.74) is -1.03. The van der Waals surface area contributed by atoms with Gasteiger partial charge >= 0.3 is 0 Å². The van der Waals surface area contributed by atoms with Gasteiger partial charge in [-0.15, -0.1) is 0 Å². The highest BCUT2D eigenvalue weighted by atomic mass is 16.6. The third-order valence-electron chi connectivity index (χ3n) is 3.11. The van der Waals surface area contributed by atoms with Crippen LogP contribution in [0.2, 0.25) is 0 Å².